The molecule has 25 heavy (non-hydrogen) atoms. The van der Waals surface area contributed by atoms with E-state index in [9.17, 15) is 4.79 Å². The first-order valence-electron chi connectivity index (χ1n) is 7.99. The number of nitrogens with zero attached hydrogens (tertiary/aromatic N) is 2. The monoisotopic (exact) mass is 370 g/mol. The van der Waals surface area contributed by atoms with E-state index in [-0.39, 0.29) is 5.91 Å². The van der Waals surface area contributed by atoms with E-state index < -0.39 is 0 Å². The van der Waals surface area contributed by atoms with Gasteiger partial charge in [0.25, 0.3) is 5.91 Å². The van der Waals surface area contributed by atoms with Gasteiger partial charge in [0.05, 0.1) is 11.4 Å². The van der Waals surface area contributed by atoms with E-state index in [4.69, 9.17) is 11.6 Å². The second-order valence-electron chi connectivity index (χ2n) is 5.71. The van der Waals surface area contributed by atoms with Gasteiger partial charge in [0.2, 0.25) is 0 Å². The topological polar surface area (TPSA) is 25.2 Å². The summed E-state index contributed by atoms with van der Waals surface area (Å²) in [5.41, 5.74) is 2.21. The number of carbonyl (C=O) groups is 1. The molecule has 3 aromatic rings. The number of amides is 1. The molecule has 128 valence electrons. The van der Waals surface area contributed by atoms with Gasteiger partial charge in [-0.3, -0.25) is 4.79 Å². The predicted octanol–water partition coefficient (Wildman–Crippen LogP) is 5.08. The van der Waals surface area contributed by atoms with E-state index >= 15 is 0 Å². The van der Waals surface area contributed by atoms with Crippen LogP contribution < -0.4 is 0 Å². The van der Waals surface area contributed by atoms with E-state index in [0.29, 0.717) is 13.1 Å². The van der Waals surface area contributed by atoms with Crippen molar-refractivity contribution < 1.29 is 4.79 Å². The molecule has 1 aromatic carbocycles. The van der Waals surface area contributed by atoms with Crippen molar-refractivity contribution in [3.8, 4) is 0 Å². The number of halogens is 1. The molecule has 1 amide bonds. The zero-order valence-corrected chi connectivity index (χ0v) is 15.3. The maximum atomic E-state index is 12.7. The van der Waals surface area contributed by atoms with Crippen LogP contribution in [0.5, 0.6) is 0 Å². The Morgan fingerprint density at radius 1 is 1.24 bits per heavy atom. The lowest BCUT2D eigenvalue weighted by Gasteiger charge is -2.21. The van der Waals surface area contributed by atoms with E-state index in [1.807, 2.05) is 65.0 Å². The molecule has 2 aromatic heterocycles. The van der Waals surface area contributed by atoms with Gasteiger partial charge in [0.15, 0.2) is 0 Å². The molecule has 0 N–H and O–H groups in total. The lowest BCUT2D eigenvalue weighted by Crippen LogP contribution is -2.31. The summed E-state index contributed by atoms with van der Waals surface area (Å²) in [5.74, 6) is 0.0328. The Kier molecular flexibility index (Phi) is 5.74. The van der Waals surface area contributed by atoms with Crippen LogP contribution in [0.25, 0.3) is 0 Å². The van der Waals surface area contributed by atoms with Crippen LogP contribution in [0, 0.1) is 0 Å². The fourth-order valence-corrected chi connectivity index (χ4v) is 3.61. The maximum absolute atomic E-state index is 12.7. The molecule has 5 heteroatoms. The molecule has 3 rings (SSSR count). The van der Waals surface area contributed by atoms with Crippen LogP contribution in [0.4, 0.5) is 0 Å². The van der Waals surface area contributed by atoms with Crippen LogP contribution in [-0.4, -0.2) is 21.9 Å². The molecular weight excluding hydrogens is 352 g/mol. The predicted molar refractivity (Wildman–Crippen MR) is 104 cm³/mol. The van der Waals surface area contributed by atoms with E-state index in [1.165, 1.54) is 11.3 Å². The summed E-state index contributed by atoms with van der Waals surface area (Å²) in [5, 5.41) is 2.65. The molecule has 0 atom stereocenters. The van der Waals surface area contributed by atoms with Gasteiger partial charge in [-0.2, -0.15) is 0 Å². The second kappa shape index (κ2) is 8.19. The second-order valence-corrected chi connectivity index (χ2v) is 7.09. The number of hydrogen-bond donors (Lipinski definition) is 0. The molecule has 2 heterocycles. The zero-order chi connectivity index (χ0) is 17.6. The molecule has 3 nitrogen and oxygen atoms in total. The van der Waals surface area contributed by atoms with Gasteiger partial charge in [0, 0.05) is 30.0 Å². The van der Waals surface area contributed by atoms with Crippen LogP contribution in [0.1, 0.15) is 20.9 Å². The summed E-state index contributed by atoms with van der Waals surface area (Å²) in [6, 6.07) is 15.6. The van der Waals surface area contributed by atoms with E-state index in [0.717, 1.165) is 27.7 Å². The highest BCUT2D eigenvalue weighted by Gasteiger charge is 2.17. The van der Waals surface area contributed by atoms with Crippen LogP contribution in [0.2, 0.25) is 5.02 Å². The smallest absolute Gasteiger partial charge is 0.264 e. The number of hydrogen-bond acceptors (Lipinski definition) is 2. The summed E-state index contributed by atoms with van der Waals surface area (Å²) in [4.78, 5) is 15.3. The van der Waals surface area contributed by atoms with Crippen molar-refractivity contribution in [2.45, 2.75) is 13.1 Å². The van der Waals surface area contributed by atoms with Crippen molar-refractivity contribution in [3.63, 3.8) is 0 Å². The van der Waals surface area contributed by atoms with Crippen molar-refractivity contribution in [2.75, 3.05) is 6.54 Å². The Bertz CT molecular complexity index is 854. The fourth-order valence-electron chi connectivity index (χ4n) is 2.71. The molecular formula is C20H19ClN2OS. The highest BCUT2D eigenvalue weighted by atomic mass is 35.5. The first-order chi connectivity index (χ1) is 12.2. The number of thiophene rings is 1. The summed E-state index contributed by atoms with van der Waals surface area (Å²) in [7, 11) is 0. The summed E-state index contributed by atoms with van der Waals surface area (Å²) in [6.45, 7) is 5.55. The summed E-state index contributed by atoms with van der Waals surface area (Å²) < 4.78 is 2.14. The molecule has 0 radical (unpaired) electrons. The number of benzene rings is 1. The standard InChI is InChI=1S/C20H19ClN2OS/c1-2-10-23(20(24)19-9-5-12-25-19)15-18-8-4-11-22(18)14-16-6-3-7-17(21)13-16/h2-9,11-13H,1,10,14-15H2. The van der Waals surface area contributed by atoms with Gasteiger partial charge in [0.1, 0.15) is 0 Å². The van der Waals surface area contributed by atoms with Gasteiger partial charge >= 0.3 is 0 Å². The van der Waals surface area contributed by atoms with Crippen molar-refractivity contribution in [3.05, 3.63) is 93.9 Å². The SMILES string of the molecule is C=CCN(Cc1cccn1Cc1cccc(Cl)c1)C(=O)c1cccs1. The Labute approximate surface area is 156 Å². The Morgan fingerprint density at radius 3 is 2.84 bits per heavy atom. The molecule has 0 aliphatic carbocycles. The van der Waals surface area contributed by atoms with Gasteiger partial charge in [-0.1, -0.05) is 35.9 Å². The van der Waals surface area contributed by atoms with Gasteiger partial charge < -0.3 is 9.47 Å². The quantitative estimate of drug-likeness (QED) is 0.532. The minimum atomic E-state index is 0.0328. The molecule has 0 bridgehead atoms. The van der Waals surface area contributed by atoms with Crippen molar-refractivity contribution in [1.29, 1.82) is 0 Å². The molecule has 0 spiro atoms. The highest BCUT2D eigenvalue weighted by Crippen LogP contribution is 2.17. The van der Waals surface area contributed by atoms with Crippen LogP contribution in [0.15, 0.2) is 72.8 Å². The summed E-state index contributed by atoms with van der Waals surface area (Å²) in [6.07, 6.45) is 3.79. The van der Waals surface area contributed by atoms with Crippen molar-refractivity contribution in [1.82, 2.24) is 9.47 Å². The lowest BCUT2D eigenvalue weighted by molar-refractivity contribution is 0.0764. The number of carbonyl (C=O) groups excluding carboxylic acids is 1. The Hall–Kier alpha value is -2.30. The third-order valence-electron chi connectivity index (χ3n) is 3.89. The molecule has 0 fully saturated rings. The largest absolute Gasteiger partial charge is 0.345 e. The van der Waals surface area contributed by atoms with E-state index in [2.05, 4.69) is 11.1 Å². The van der Waals surface area contributed by atoms with Gasteiger partial charge in [-0.25, -0.2) is 0 Å². The minimum Gasteiger partial charge on any atom is -0.345 e. The third kappa shape index (κ3) is 4.41. The maximum Gasteiger partial charge on any atom is 0.264 e. The van der Waals surface area contributed by atoms with Crippen molar-refractivity contribution in [2.24, 2.45) is 0 Å². The summed E-state index contributed by atoms with van der Waals surface area (Å²) >= 11 is 7.54. The lowest BCUT2D eigenvalue weighted by atomic mass is 10.2. The molecule has 0 aliphatic heterocycles. The van der Waals surface area contributed by atoms with Crippen LogP contribution in [-0.2, 0) is 13.1 Å². The van der Waals surface area contributed by atoms with Crippen LogP contribution >= 0.6 is 22.9 Å². The Morgan fingerprint density at radius 2 is 2.12 bits per heavy atom. The number of aromatic nitrogens is 1. The fraction of sp³-hybridized carbons (Fsp3) is 0.150. The van der Waals surface area contributed by atoms with Gasteiger partial charge in [-0.15, -0.1) is 17.9 Å². The molecule has 0 unspecified atom stereocenters. The highest BCUT2D eigenvalue weighted by molar-refractivity contribution is 7.12. The van der Waals surface area contributed by atoms with Gasteiger partial charge in [-0.05, 0) is 41.3 Å². The average Bonchev–Trinajstić information content (AvgIpc) is 3.26. The normalized spacial score (nSPS) is 10.6. The first kappa shape index (κ1) is 17.5. The minimum absolute atomic E-state index is 0.0328. The zero-order valence-electron chi connectivity index (χ0n) is 13.8. The van der Waals surface area contributed by atoms with Crippen molar-refractivity contribution >= 4 is 28.8 Å². The number of rotatable bonds is 7. The third-order valence-corrected chi connectivity index (χ3v) is 4.98. The molecule has 0 aliphatic rings. The first-order valence-corrected chi connectivity index (χ1v) is 9.25. The van der Waals surface area contributed by atoms with Crippen LogP contribution in [0.3, 0.4) is 0 Å². The molecule has 0 saturated carbocycles. The average molecular weight is 371 g/mol. The van der Waals surface area contributed by atoms with E-state index in [1.54, 1.807) is 6.08 Å². The Balaban J connectivity index is 1.78. The molecule has 0 saturated heterocycles.